The number of aryl methyl sites for hydroxylation is 2. The summed E-state index contributed by atoms with van der Waals surface area (Å²) in [4.78, 5) is 4.77. The molecule has 2 aromatic rings. The van der Waals surface area contributed by atoms with Gasteiger partial charge < -0.3 is 4.57 Å². The summed E-state index contributed by atoms with van der Waals surface area (Å²) < 4.78 is 2.42. The number of imidazole rings is 1. The highest BCUT2D eigenvalue weighted by Gasteiger charge is 2.18. The van der Waals surface area contributed by atoms with Crippen LogP contribution in [0.2, 0.25) is 0 Å². The van der Waals surface area contributed by atoms with Gasteiger partial charge in [0.2, 0.25) is 0 Å². The Morgan fingerprint density at radius 1 is 1.05 bits per heavy atom. The Hall–Kier alpha value is -1.57. The largest absolute Gasteiger partial charge is 0.328 e. The summed E-state index contributed by atoms with van der Waals surface area (Å²) in [5, 5.41) is 0. The van der Waals surface area contributed by atoms with E-state index in [4.69, 9.17) is 4.98 Å². The van der Waals surface area contributed by atoms with E-state index in [-0.39, 0.29) is 5.41 Å². The second-order valence-corrected chi connectivity index (χ2v) is 7.29. The standard InChI is InChI=1S/C19H26N2/c1-14-20-17-7-5-6-8-18(17)21(14)13-15-9-11-16(12-10-15)19(2,3)4/h9-12H,5-8,13H2,1-4H3. The molecule has 0 aliphatic heterocycles. The van der Waals surface area contributed by atoms with Gasteiger partial charge in [0, 0.05) is 12.2 Å². The highest BCUT2D eigenvalue weighted by atomic mass is 15.1. The van der Waals surface area contributed by atoms with Crippen LogP contribution in [0.15, 0.2) is 24.3 Å². The van der Waals surface area contributed by atoms with Crippen molar-refractivity contribution < 1.29 is 0 Å². The van der Waals surface area contributed by atoms with Gasteiger partial charge in [-0.2, -0.15) is 0 Å². The number of fused-ring (bicyclic) bond motifs is 1. The number of nitrogens with zero attached hydrogens (tertiary/aromatic N) is 2. The molecule has 0 radical (unpaired) electrons. The summed E-state index contributed by atoms with van der Waals surface area (Å²) in [6.45, 7) is 9.88. The van der Waals surface area contributed by atoms with Crippen LogP contribution in [-0.4, -0.2) is 9.55 Å². The number of hydrogen-bond donors (Lipinski definition) is 0. The van der Waals surface area contributed by atoms with Crippen molar-refractivity contribution in [3.63, 3.8) is 0 Å². The minimum Gasteiger partial charge on any atom is -0.328 e. The van der Waals surface area contributed by atoms with Crippen LogP contribution in [0.3, 0.4) is 0 Å². The topological polar surface area (TPSA) is 17.8 Å². The van der Waals surface area contributed by atoms with Crippen LogP contribution in [0.1, 0.15) is 62.0 Å². The second-order valence-electron chi connectivity index (χ2n) is 7.29. The lowest BCUT2D eigenvalue weighted by Gasteiger charge is -2.20. The maximum Gasteiger partial charge on any atom is 0.106 e. The molecule has 0 saturated heterocycles. The minimum atomic E-state index is 0.225. The molecule has 0 fully saturated rings. The van der Waals surface area contributed by atoms with Crippen molar-refractivity contribution in [3.05, 3.63) is 52.6 Å². The third-order valence-corrected chi connectivity index (χ3v) is 4.58. The summed E-state index contributed by atoms with van der Waals surface area (Å²) in [5.41, 5.74) is 5.80. The van der Waals surface area contributed by atoms with E-state index < -0.39 is 0 Å². The summed E-state index contributed by atoms with van der Waals surface area (Å²) >= 11 is 0. The van der Waals surface area contributed by atoms with Gasteiger partial charge >= 0.3 is 0 Å². The minimum absolute atomic E-state index is 0.225. The van der Waals surface area contributed by atoms with Gasteiger partial charge in [0.25, 0.3) is 0 Å². The average molecular weight is 282 g/mol. The summed E-state index contributed by atoms with van der Waals surface area (Å²) in [6.07, 6.45) is 4.95. The van der Waals surface area contributed by atoms with E-state index in [1.807, 2.05) is 0 Å². The fourth-order valence-electron chi connectivity index (χ4n) is 3.24. The third-order valence-electron chi connectivity index (χ3n) is 4.58. The van der Waals surface area contributed by atoms with Gasteiger partial charge in [-0.05, 0) is 49.1 Å². The van der Waals surface area contributed by atoms with Crippen LogP contribution >= 0.6 is 0 Å². The summed E-state index contributed by atoms with van der Waals surface area (Å²) in [7, 11) is 0. The molecular formula is C19H26N2. The molecule has 1 aromatic heterocycles. The van der Waals surface area contributed by atoms with Crippen molar-refractivity contribution in [1.82, 2.24) is 9.55 Å². The van der Waals surface area contributed by atoms with Gasteiger partial charge in [0.05, 0.1) is 5.69 Å². The molecule has 3 rings (SSSR count). The van der Waals surface area contributed by atoms with E-state index in [0.29, 0.717) is 0 Å². The Morgan fingerprint density at radius 2 is 1.71 bits per heavy atom. The van der Waals surface area contributed by atoms with E-state index in [1.54, 1.807) is 0 Å². The molecular weight excluding hydrogens is 256 g/mol. The molecule has 21 heavy (non-hydrogen) atoms. The lowest BCUT2D eigenvalue weighted by Crippen LogP contribution is -2.12. The molecule has 1 aliphatic rings. The fourth-order valence-corrected chi connectivity index (χ4v) is 3.24. The molecule has 0 atom stereocenters. The Balaban J connectivity index is 1.86. The zero-order chi connectivity index (χ0) is 15.0. The van der Waals surface area contributed by atoms with Gasteiger partial charge in [-0.1, -0.05) is 45.0 Å². The van der Waals surface area contributed by atoms with Crippen LogP contribution in [0, 0.1) is 6.92 Å². The number of hydrogen-bond acceptors (Lipinski definition) is 1. The molecule has 2 nitrogen and oxygen atoms in total. The predicted molar refractivity (Wildman–Crippen MR) is 87.9 cm³/mol. The maximum atomic E-state index is 4.77. The quantitative estimate of drug-likeness (QED) is 0.797. The molecule has 0 unspecified atom stereocenters. The average Bonchev–Trinajstić information content (AvgIpc) is 2.75. The van der Waals surface area contributed by atoms with E-state index in [9.17, 15) is 0 Å². The first-order valence-electron chi connectivity index (χ1n) is 8.09. The normalized spacial score (nSPS) is 15.0. The van der Waals surface area contributed by atoms with Crippen molar-refractivity contribution in [2.24, 2.45) is 0 Å². The first-order chi connectivity index (χ1) is 9.95. The first-order valence-corrected chi connectivity index (χ1v) is 8.09. The van der Waals surface area contributed by atoms with Crippen LogP contribution in [0.5, 0.6) is 0 Å². The van der Waals surface area contributed by atoms with Crippen molar-refractivity contribution in [1.29, 1.82) is 0 Å². The zero-order valence-corrected chi connectivity index (χ0v) is 13.7. The van der Waals surface area contributed by atoms with Gasteiger partial charge in [-0.25, -0.2) is 4.98 Å². The van der Waals surface area contributed by atoms with Gasteiger partial charge in [0.1, 0.15) is 5.82 Å². The van der Waals surface area contributed by atoms with E-state index in [0.717, 1.165) is 13.0 Å². The molecule has 0 N–H and O–H groups in total. The van der Waals surface area contributed by atoms with E-state index in [1.165, 1.54) is 47.6 Å². The molecule has 112 valence electrons. The number of benzene rings is 1. The van der Waals surface area contributed by atoms with Crippen LogP contribution in [-0.2, 0) is 24.8 Å². The fraction of sp³-hybridized carbons (Fsp3) is 0.526. The van der Waals surface area contributed by atoms with Crippen LogP contribution in [0.4, 0.5) is 0 Å². The molecule has 0 bridgehead atoms. The Kier molecular flexibility index (Phi) is 3.64. The monoisotopic (exact) mass is 282 g/mol. The van der Waals surface area contributed by atoms with Crippen molar-refractivity contribution in [3.8, 4) is 0 Å². The lowest BCUT2D eigenvalue weighted by atomic mass is 9.87. The van der Waals surface area contributed by atoms with E-state index in [2.05, 4.69) is 56.5 Å². The van der Waals surface area contributed by atoms with Gasteiger partial charge in [0.15, 0.2) is 0 Å². The zero-order valence-electron chi connectivity index (χ0n) is 13.7. The lowest BCUT2D eigenvalue weighted by molar-refractivity contribution is 0.589. The highest BCUT2D eigenvalue weighted by molar-refractivity contribution is 5.29. The first kappa shape index (κ1) is 14.4. The van der Waals surface area contributed by atoms with Crippen LogP contribution < -0.4 is 0 Å². The van der Waals surface area contributed by atoms with Gasteiger partial charge in [-0.15, -0.1) is 0 Å². The Bertz CT molecular complexity index is 627. The molecule has 0 amide bonds. The third kappa shape index (κ3) is 2.90. The van der Waals surface area contributed by atoms with Crippen molar-refractivity contribution in [2.45, 2.75) is 65.3 Å². The number of aromatic nitrogens is 2. The maximum absolute atomic E-state index is 4.77. The molecule has 2 heteroatoms. The number of rotatable bonds is 2. The van der Waals surface area contributed by atoms with Gasteiger partial charge in [-0.3, -0.25) is 0 Å². The highest BCUT2D eigenvalue weighted by Crippen LogP contribution is 2.25. The molecule has 1 aromatic carbocycles. The molecule has 0 saturated carbocycles. The molecule has 1 aliphatic carbocycles. The van der Waals surface area contributed by atoms with Crippen LogP contribution in [0.25, 0.3) is 0 Å². The molecule has 1 heterocycles. The molecule has 0 spiro atoms. The predicted octanol–water partition coefficient (Wildman–Crippen LogP) is 4.42. The van der Waals surface area contributed by atoms with Crippen molar-refractivity contribution in [2.75, 3.05) is 0 Å². The smallest absolute Gasteiger partial charge is 0.106 e. The van der Waals surface area contributed by atoms with Crippen molar-refractivity contribution >= 4 is 0 Å². The SMILES string of the molecule is Cc1nc2c(n1Cc1ccc(C(C)(C)C)cc1)CCCC2. The Morgan fingerprint density at radius 3 is 2.38 bits per heavy atom. The second kappa shape index (κ2) is 5.32. The van der Waals surface area contributed by atoms with E-state index >= 15 is 0 Å². The Labute approximate surface area is 128 Å². The summed E-state index contributed by atoms with van der Waals surface area (Å²) in [5.74, 6) is 1.17. The summed E-state index contributed by atoms with van der Waals surface area (Å²) in [6, 6.07) is 9.09.